The minimum Gasteiger partial charge on any atom is -0.494 e. The van der Waals surface area contributed by atoms with Gasteiger partial charge in [-0.3, -0.25) is 20.4 Å². The monoisotopic (exact) mass is 370 g/mol. The SMILES string of the molecule is CCOc1ccc(C(=O)NNC(=O)COc2cc(C)ccc2C(C)C)cc1. The van der Waals surface area contributed by atoms with Gasteiger partial charge in [0.15, 0.2) is 6.61 Å². The first kappa shape index (κ1) is 20.3. The Labute approximate surface area is 159 Å². The van der Waals surface area contributed by atoms with Crippen LogP contribution in [0.4, 0.5) is 0 Å². The molecule has 27 heavy (non-hydrogen) atoms. The van der Waals surface area contributed by atoms with E-state index in [0.29, 0.717) is 23.7 Å². The number of hydrogen-bond acceptors (Lipinski definition) is 4. The number of hydrogen-bond donors (Lipinski definition) is 2. The number of rotatable bonds is 7. The van der Waals surface area contributed by atoms with Gasteiger partial charge in [-0.2, -0.15) is 0 Å². The first-order valence-electron chi connectivity index (χ1n) is 8.96. The Balaban J connectivity index is 1.86. The van der Waals surface area contributed by atoms with Gasteiger partial charge in [0.1, 0.15) is 11.5 Å². The molecule has 0 radical (unpaired) electrons. The van der Waals surface area contributed by atoms with Crippen LogP contribution in [0, 0.1) is 6.92 Å². The number of amides is 2. The second-order valence-corrected chi connectivity index (χ2v) is 6.44. The van der Waals surface area contributed by atoms with Gasteiger partial charge in [-0.15, -0.1) is 0 Å². The fourth-order valence-electron chi connectivity index (χ4n) is 2.49. The number of benzene rings is 2. The summed E-state index contributed by atoms with van der Waals surface area (Å²) in [6.07, 6.45) is 0. The summed E-state index contributed by atoms with van der Waals surface area (Å²) < 4.78 is 11.0. The smallest absolute Gasteiger partial charge is 0.276 e. The molecule has 0 heterocycles. The highest BCUT2D eigenvalue weighted by atomic mass is 16.5. The normalized spacial score (nSPS) is 10.4. The van der Waals surface area contributed by atoms with E-state index in [1.54, 1.807) is 24.3 Å². The molecule has 2 rings (SSSR count). The van der Waals surface area contributed by atoms with E-state index in [1.165, 1.54) is 0 Å². The van der Waals surface area contributed by atoms with Crippen LogP contribution >= 0.6 is 0 Å². The molecule has 0 aromatic heterocycles. The molecule has 0 saturated carbocycles. The highest BCUT2D eigenvalue weighted by Crippen LogP contribution is 2.27. The number of carbonyl (C=O) groups excluding carboxylic acids is 2. The topological polar surface area (TPSA) is 76.7 Å². The Morgan fingerprint density at radius 2 is 1.70 bits per heavy atom. The van der Waals surface area contributed by atoms with Crippen LogP contribution in [0.15, 0.2) is 42.5 Å². The number of nitrogens with one attached hydrogen (secondary N) is 2. The Kier molecular flexibility index (Phi) is 7.23. The maximum Gasteiger partial charge on any atom is 0.276 e. The van der Waals surface area contributed by atoms with E-state index in [9.17, 15) is 9.59 Å². The van der Waals surface area contributed by atoms with Crippen molar-refractivity contribution in [1.82, 2.24) is 10.9 Å². The van der Waals surface area contributed by atoms with Gasteiger partial charge >= 0.3 is 0 Å². The van der Waals surface area contributed by atoms with E-state index < -0.39 is 11.8 Å². The number of carbonyl (C=O) groups is 2. The highest BCUT2D eigenvalue weighted by molar-refractivity contribution is 5.95. The van der Waals surface area contributed by atoms with Crippen LogP contribution in [0.1, 0.15) is 48.2 Å². The van der Waals surface area contributed by atoms with Crippen LogP contribution < -0.4 is 20.3 Å². The summed E-state index contributed by atoms with van der Waals surface area (Å²) in [5.41, 5.74) is 7.24. The summed E-state index contributed by atoms with van der Waals surface area (Å²) in [5, 5.41) is 0. The minimum absolute atomic E-state index is 0.188. The third kappa shape index (κ3) is 6.02. The molecule has 2 aromatic carbocycles. The maximum absolute atomic E-state index is 12.1. The quantitative estimate of drug-likeness (QED) is 0.733. The number of hydrazine groups is 1. The van der Waals surface area contributed by atoms with Gasteiger partial charge in [0.05, 0.1) is 6.61 Å². The maximum atomic E-state index is 12.1. The zero-order valence-electron chi connectivity index (χ0n) is 16.2. The second-order valence-electron chi connectivity index (χ2n) is 6.44. The van der Waals surface area contributed by atoms with E-state index in [2.05, 4.69) is 24.7 Å². The van der Waals surface area contributed by atoms with E-state index >= 15 is 0 Å². The van der Waals surface area contributed by atoms with Gasteiger partial charge in [-0.25, -0.2) is 0 Å². The highest BCUT2D eigenvalue weighted by Gasteiger charge is 2.11. The van der Waals surface area contributed by atoms with Gasteiger partial charge in [-0.1, -0.05) is 26.0 Å². The number of ether oxygens (including phenoxy) is 2. The van der Waals surface area contributed by atoms with Crippen molar-refractivity contribution in [2.75, 3.05) is 13.2 Å². The lowest BCUT2D eigenvalue weighted by atomic mass is 10.0. The molecule has 2 N–H and O–H groups in total. The summed E-state index contributed by atoms with van der Waals surface area (Å²) in [4.78, 5) is 24.1. The number of aryl methyl sites for hydroxylation is 1. The predicted octanol–water partition coefficient (Wildman–Crippen LogP) is 3.36. The molecule has 0 aliphatic rings. The van der Waals surface area contributed by atoms with Crippen LogP contribution in [0.5, 0.6) is 11.5 Å². The van der Waals surface area contributed by atoms with Crippen molar-refractivity contribution in [3.8, 4) is 11.5 Å². The molecule has 0 aliphatic carbocycles. The van der Waals surface area contributed by atoms with Crippen molar-refractivity contribution >= 4 is 11.8 Å². The largest absolute Gasteiger partial charge is 0.494 e. The van der Waals surface area contributed by atoms with Crippen LogP contribution in [0.3, 0.4) is 0 Å². The summed E-state index contributed by atoms with van der Waals surface area (Å²) in [5.74, 6) is 0.793. The summed E-state index contributed by atoms with van der Waals surface area (Å²) in [6.45, 7) is 8.35. The average Bonchev–Trinajstić information content (AvgIpc) is 2.65. The Bertz CT molecular complexity index is 785. The molecule has 2 aromatic rings. The van der Waals surface area contributed by atoms with Crippen molar-refractivity contribution in [2.45, 2.75) is 33.6 Å². The summed E-state index contributed by atoms with van der Waals surface area (Å²) in [6, 6.07) is 12.6. The standard InChI is InChI=1S/C21H26N2O4/c1-5-26-17-9-7-16(8-10-17)21(25)23-22-20(24)13-27-19-12-15(4)6-11-18(19)14(2)3/h6-12,14H,5,13H2,1-4H3,(H,22,24)(H,23,25). The molecule has 2 amide bonds. The molecular weight excluding hydrogens is 344 g/mol. The Morgan fingerprint density at radius 1 is 1.00 bits per heavy atom. The fraction of sp³-hybridized carbons (Fsp3) is 0.333. The second kappa shape index (κ2) is 9.62. The Morgan fingerprint density at radius 3 is 2.33 bits per heavy atom. The van der Waals surface area contributed by atoms with Crippen molar-refractivity contribution in [2.24, 2.45) is 0 Å². The van der Waals surface area contributed by atoms with Crippen LogP contribution in [-0.2, 0) is 4.79 Å². The summed E-state index contributed by atoms with van der Waals surface area (Å²) >= 11 is 0. The molecule has 0 fully saturated rings. The van der Waals surface area contributed by atoms with Crippen LogP contribution in [0.2, 0.25) is 0 Å². The molecule has 0 unspecified atom stereocenters. The average molecular weight is 370 g/mol. The summed E-state index contributed by atoms with van der Waals surface area (Å²) in [7, 11) is 0. The van der Waals surface area contributed by atoms with Crippen molar-refractivity contribution < 1.29 is 19.1 Å². The van der Waals surface area contributed by atoms with E-state index in [-0.39, 0.29) is 12.5 Å². The molecule has 0 aliphatic heterocycles. The first-order chi connectivity index (χ1) is 12.9. The van der Waals surface area contributed by atoms with Crippen LogP contribution in [0.25, 0.3) is 0 Å². The lowest BCUT2D eigenvalue weighted by Crippen LogP contribution is -2.43. The Hall–Kier alpha value is -3.02. The zero-order chi connectivity index (χ0) is 19.8. The van der Waals surface area contributed by atoms with Gasteiger partial charge in [-0.05, 0) is 61.2 Å². The van der Waals surface area contributed by atoms with Crippen molar-refractivity contribution in [1.29, 1.82) is 0 Å². The van der Waals surface area contributed by atoms with Gasteiger partial charge in [0, 0.05) is 5.56 Å². The van der Waals surface area contributed by atoms with Crippen molar-refractivity contribution in [3.63, 3.8) is 0 Å². The zero-order valence-corrected chi connectivity index (χ0v) is 16.2. The third-order valence-electron chi connectivity index (χ3n) is 3.89. The van der Waals surface area contributed by atoms with E-state index in [4.69, 9.17) is 9.47 Å². The molecule has 6 nitrogen and oxygen atoms in total. The molecule has 144 valence electrons. The first-order valence-corrected chi connectivity index (χ1v) is 8.96. The molecular formula is C21H26N2O4. The fourth-order valence-corrected chi connectivity index (χ4v) is 2.49. The molecule has 0 spiro atoms. The van der Waals surface area contributed by atoms with Crippen molar-refractivity contribution in [3.05, 3.63) is 59.2 Å². The lowest BCUT2D eigenvalue weighted by Gasteiger charge is -2.15. The van der Waals surface area contributed by atoms with Crippen LogP contribution in [-0.4, -0.2) is 25.0 Å². The van der Waals surface area contributed by atoms with Gasteiger partial charge in [0.2, 0.25) is 0 Å². The predicted molar refractivity (Wildman–Crippen MR) is 104 cm³/mol. The molecule has 6 heteroatoms. The van der Waals surface area contributed by atoms with E-state index in [0.717, 1.165) is 11.1 Å². The third-order valence-corrected chi connectivity index (χ3v) is 3.89. The van der Waals surface area contributed by atoms with Gasteiger partial charge in [0.25, 0.3) is 11.8 Å². The minimum atomic E-state index is -0.439. The van der Waals surface area contributed by atoms with Gasteiger partial charge < -0.3 is 9.47 Å². The molecule has 0 saturated heterocycles. The molecule has 0 atom stereocenters. The van der Waals surface area contributed by atoms with E-state index in [1.807, 2.05) is 32.0 Å². The lowest BCUT2D eigenvalue weighted by molar-refractivity contribution is -0.123. The molecule has 0 bridgehead atoms.